The Morgan fingerprint density at radius 2 is 1.94 bits per heavy atom. The lowest BCUT2D eigenvalue weighted by Gasteiger charge is -2.30. The molecule has 2 aliphatic rings. The molecule has 2 aliphatic heterocycles. The highest BCUT2D eigenvalue weighted by Crippen LogP contribution is 2.15. The van der Waals surface area contributed by atoms with Gasteiger partial charge in [-0.3, -0.25) is 0 Å². The van der Waals surface area contributed by atoms with Gasteiger partial charge >= 0.3 is 0 Å². The number of nitrogens with one attached hydrogen (secondary N) is 2. The molecule has 2 heterocycles. The molecule has 94 valence electrons. The summed E-state index contributed by atoms with van der Waals surface area (Å²) in [5.41, 5.74) is 0. The first kappa shape index (κ1) is 12.3. The van der Waals surface area contributed by atoms with E-state index in [2.05, 4.69) is 22.6 Å². The Labute approximate surface area is 100.0 Å². The van der Waals surface area contributed by atoms with Crippen molar-refractivity contribution in [3.05, 3.63) is 0 Å². The smallest absolute Gasteiger partial charge is 0.00797 e. The quantitative estimate of drug-likeness (QED) is 0.752. The lowest BCUT2D eigenvalue weighted by atomic mass is 9.96. The fourth-order valence-corrected chi connectivity index (χ4v) is 2.82. The first-order chi connectivity index (χ1) is 7.84. The minimum atomic E-state index is 0.773. The van der Waals surface area contributed by atoms with Crippen LogP contribution in [0.3, 0.4) is 0 Å². The van der Waals surface area contributed by atoms with Crippen molar-refractivity contribution < 1.29 is 0 Å². The van der Waals surface area contributed by atoms with Crippen LogP contribution in [0.25, 0.3) is 0 Å². The van der Waals surface area contributed by atoms with Gasteiger partial charge in [-0.05, 0) is 77.8 Å². The molecule has 1 atom stereocenters. The van der Waals surface area contributed by atoms with Gasteiger partial charge in [0.25, 0.3) is 0 Å². The van der Waals surface area contributed by atoms with E-state index in [9.17, 15) is 0 Å². The standard InChI is InChI=1S/C13H27N3/c1-16-9-5-12(6-10-16)11-15-13-3-2-7-14-8-4-13/h12-15H,2-11H2,1H3. The summed E-state index contributed by atoms with van der Waals surface area (Å²) >= 11 is 0. The third kappa shape index (κ3) is 4.04. The van der Waals surface area contributed by atoms with Gasteiger partial charge in [0, 0.05) is 6.04 Å². The van der Waals surface area contributed by atoms with Crippen molar-refractivity contribution in [2.45, 2.75) is 38.1 Å². The molecule has 0 aromatic rings. The van der Waals surface area contributed by atoms with Gasteiger partial charge in [0.2, 0.25) is 0 Å². The molecule has 0 aromatic heterocycles. The first-order valence-electron chi connectivity index (χ1n) is 6.97. The number of piperidine rings is 1. The van der Waals surface area contributed by atoms with Crippen molar-refractivity contribution in [3.63, 3.8) is 0 Å². The Hall–Kier alpha value is -0.120. The Kier molecular flexibility index (Phi) is 5.07. The van der Waals surface area contributed by atoms with Gasteiger partial charge in [-0.1, -0.05) is 0 Å². The van der Waals surface area contributed by atoms with E-state index in [-0.39, 0.29) is 0 Å². The predicted octanol–water partition coefficient (Wildman–Crippen LogP) is 1.06. The normalized spacial score (nSPS) is 30.2. The summed E-state index contributed by atoms with van der Waals surface area (Å²) < 4.78 is 0. The number of hydrogen-bond acceptors (Lipinski definition) is 3. The average molecular weight is 225 g/mol. The molecule has 0 amide bonds. The summed E-state index contributed by atoms with van der Waals surface area (Å²) in [5, 5.41) is 7.26. The van der Waals surface area contributed by atoms with Gasteiger partial charge in [0.1, 0.15) is 0 Å². The average Bonchev–Trinajstić information content (AvgIpc) is 2.57. The van der Waals surface area contributed by atoms with E-state index in [0.29, 0.717) is 0 Å². The summed E-state index contributed by atoms with van der Waals surface area (Å²) in [6, 6.07) is 0.773. The SMILES string of the molecule is CN1CCC(CNC2CCCNCC2)CC1. The van der Waals surface area contributed by atoms with Crippen molar-refractivity contribution in [2.75, 3.05) is 39.8 Å². The van der Waals surface area contributed by atoms with Crippen molar-refractivity contribution in [1.82, 2.24) is 15.5 Å². The predicted molar refractivity (Wildman–Crippen MR) is 68.7 cm³/mol. The molecule has 0 bridgehead atoms. The second kappa shape index (κ2) is 6.58. The fraction of sp³-hybridized carbons (Fsp3) is 1.00. The van der Waals surface area contributed by atoms with Gasteiger partial charge in [0.05, 0.1) is 0 Å². The molecular weight excluding hydrogens is 198 g/mol. The minimum Gasteiger partial charge on any atom is -0.317 e. The van der Waals surface area contributed by atoms with Crippen LogP contribution in [0.2, 0.25) is 0 Å². The van der Waals surface area contributed by atoms with Crippen LogP contribution in [-0.2, 0) is 0 Å². The van der Waals surface area contributed by atoms with Gasteiger partial charge in [-0.25, -0.2) is 0 Å². The van der Waals surface area contributed by atoms with Crippen LogP contribution in [0.5, 0.6) is 0 Å². The summed E-state index contributed by atoms with van der Waals surface area (Å²) in [6.45, 7) is 6.24. The Balaban J connectivity index is 1.62. The molecule has 3 nitrogen and oxygen atoms in total. The molecule has 0 aromatic carbocycles. The molecule has 0 aliphatic carbocycles. The molecule has 0 radical (unpaired) electrons. The molecule has 3 heteroatoms. The molecule has 2 rings (SSSR count). The lowest BCUT2D eigenvalue weighted by Crippen LogP contribution is -2.38. The zero-order chi connectivity index (χ0) is 11.2. The van der Waals surface area contributed by atoms with E-state index in [0.717, 1.165) is 12.0 Å². The lowest BCUT2D eigenvalue weighted by molar-refractivity contribution is 0.211. The van der Waals surface area contributed by atoms with E-state index in [1.807, 2.05) is 0 Å². The van der Waals surface area contributed by atoms with Crippen LogP contribution >= 0.6 is 0 Å². The second-order valence-electron chi connectivity index (χ2n) is 5.53. The Morgan fingerprint density at radius 3 is 2.75 bits per heavy atom. The summed E-state index contributed by atoms with van der Waals surface area (Å²) in [7, 11) is 2.24. The second-order valence-corrected chi connectivity index (χ2v) is 5.53. The summed E-state index contributed by atoms with van der Waals surface area (Å²) in [5.74, 6) is 0.924. The highest BCUT2D eigenvalue weighted by molar-refractivity contribution is 4.77. The molecule has 0 spiro atoms. The fourth-order valence-electron chi connectivity index (χ4n) is 2.82. The van der Waals surface area contributed by atoms with Crippen molar-refractivity contribution in [2.24, 2.45) is 5.92 Å². The molecule has 16 heavy (non-hydrogen) atoms. The third-order valence-corrected chi connectivity index (χ3v) is 4.11. The largest absolute Gasteiger partial charge is 0.317 e. The van der Waals surface area contributed by atoms with Crippen molar-refractivity contribution >= 4 is 0 Å². The first-order valence-corrected chi connectivity index (χ1v) is 6.97. The summed E-state index contributed by atoms with van der Waals surface area (Å²) in [6.07, 6.45) is 6.78. The maximum atomic E-state index is 3.79. The molecule has 2 saturated heterocycles. The molecular formula is C13H27N3. The summed E-state index contributed by atoms with van der Waals surface area (Å²) in [4.78, 5) is 2.45. The Bertz CT molecular complexity index is 180. The van der Waals surface area contributed by atoms with Crippen LogP contribution in [0.15, 0.2) is 0 Å². The van der Waals surface area contributed by atoms with Crippen LogP contribution in [0, 0.1) is 5.92 Å². The van der Waals surface area contributed by atoms with Gasteiger partial charge in [-0.2, -0.15) is 0 Å². The molecule has 1 unspecified atom stereocenters. The van der Waals surface area contributed by atoms with Crippen LogP contribution < -0.4 is 10.6 Å². The topological polar surface area (TPSA) is 27.3 Å². The number of hydrogen-bond donors (Lipinski definition) is 2. The van der Waals surface area contributed by atoms with Crippen molar-refractivity contribution in [3.8, 4) is 0 Å². The maximum Gasteiger partial charge on any atom is 0.00797 e. The highest BCUT2D eigenvalue weighted by Gasteiger charge is 2.18. The van der Waals surface area contributed by atoms with Gasteiger partial charge in [-0.15, -0.1) is 0 Å². The zero-order valence-corrected chi connectivity index (χ0v) is 10.7. The van der Waals surface area contributed by atoms with Crippen LogP contribution in [0.1, 0.15) is 32.1 Å². The number of rotatable bonds is 3. The monoisotopic (exact) mass is 225 g/mol. The van der Waals surface area contributed by atoms with E-state index in [1.165, 1.54) is 64.8 Å². The van der Waals surface area contributed by atoms with E-state index < -0.39 is 0 Å². The van der Waals surface area contributed by atoms with Crippen LogP contribution in [0.4, 0.5) is 0 Å². The van der Waals surface area contributed by atoms with E-state index in [1.54, 1.807) is 0 Å². The zero-order valence-electron chi connectivity index (χ0n) is 10.7. The minimum absolute atomic E-state index is 0.773. The number of likely N-dealkylation sites (tertiary alicyclic amines) is 1. The third-order valence-electron chi connectivity index (χ3n) is 4.11. The Morgan fingerprint density at radius 1 is 1.12 bits per heavy atom. The van der Waals surface area contributed by atoms with E-state index >= 15 is 0 Å². The van der Waals surface area contributed by atoms with Crippen molar-refractivity contribution in [1.29, 1.82) is 0 Å². The van der Waals surface area contributed by atoms with Crippen LogP contribution in [-0.4, -0.2) is 50.7 Å². The molecule has 2 N–H and O–H groups in total. The van der Waals surface area contributed by atoms with E-state index in [4.69, 9.17) is 0 Å². The highest BCUT2D eigenvalue weighted by atomic mass is 15.1. The maximum absolute atomic E-state index is 3.79. The molecule has 2 fully saturated rings. The van der Waals surface area contributed by atoms with Gasteiger partial charge < -0.3 is 15.5 Å². The molecule has 0 saturated carbocycles. The van der Waals surface area contributed by atoms with Gasteiger partial charge in [0.15, 0.2) is 0 Å². The number of nitrogens with zero attached hydrogens (tertiary/aromatic N) is 1.